The van der Waals surface area contributed by atoms with Gasteiger partial charge >= 0.3 is 0 Å². The van der Waals surface area contributed by atoms with E-state index < -0.39 is 0 Å². The van der Waals surface area contributed by atoms with E-state index in [1.54, 1.807) is 0 Å². The van der Waals surface area contributed by atoms with Crippen LogP contribution in [0.1, 0.15) is 6.92 Å². The first-order valence-electron chi connectivity index (χ1n) is 3.39. The van der Waals surface area contributed by atoms with Crippen molar-refractivity contribution in [2.45, 2.75) is 17.9 Å². The molecule has 0 aromatic heterocycles. The highest BCUT2D eigenvalue weighted by atomic mass is 35.5. The molecule has 0 saturated carbocycles. The largest absolute Gasteiger partial charge is 0.275 e. The Bertz CT molecular complexity index is 120. The minimum absolute atomic E-state index is 0.0309. The molecule has 4 heteroatoms. The Labute approximate surface area is 71.7 Å². The Hall–Kier alpha value is 0.500. The Morgan fingerprint density at radius 3 is 2.20 bits per heavy atom. The molecule has 1 heterocycles. The Morgan fingerprint density at radius 1 is 1.40 bits per heavy atom. The van der Waals surface area contributed by atoms with Gasteiger partial charge in [-0.1, -0.05) is 6.92 Å². The Kier molecular flexibility index (Phi) is 2.81. The molecule has 0 N–H and O–H groups in total. The van der Waals surface area contributed by atoms with E-state index in [9.17, 15) is 0 Å². The number of alkyl halides is 2. The zero-order valence-electron chi connectivity index (χ0n) is 6.22. The van der Waals surface area contributed by atoms with Gasteiger partial charge in [-0.25, -0.2) is 0 Å². The van der Waals surface area contributed by atoms with Crippen molar-refractivity contribution in [2.24, 2.45) is 0 Å². The first kappa shape index (κ1) is 8.60. The number of hydrogen-bond donors (Lipinski definition) is 0. The summed E-state index contributed by atoms with van der Waals surface area (Å²) < 4.78 is 0. The highest BCUT2D eigenvalue weighted by Crippen LogP contribution is 2.24. The second-order valence-electron chi connectivity index (χ2n) is 2.55. The third-order valence-corrected chi connectivity index (χ3v) is 3.02. The predicted molar refractivity (Wildman–Crippen MR) is 44.3 cm³/mol. The molecule has 1 rings (SSSR count). The first-order chi connectivity index (χ1) is 4.66. The van der Waals surface area contributed by atoms with E-state index >= 15 is 0 Å². The Balaban J connectivity index is 2.53. The summed E-state index contributed by atoms with van der Waals surface area (Å²) in [5.41, 5.74) is -0.0710. The van der Waals surface area contributed by atoms with Gasteiger partial charge < -0.3 is 0 Å². The molecule has 0 amide bonds. The van der Waals surface area contributed by atoms with Crippen LogP contribution in [0.2, 0.25) is 0 Å². The SMILES string of the molecule is CCN1CN(C)C(Cl)C1Cl. The van der Waals surface area contributed by atoms with Crippen LogP contribution in [0, 0.1) is 0 Å². The monoisotopic (exact) mass is 182 g/mol. The summed E-state index contributed by atoms with van der Waals surface area (Å²) in [7, 11) is 1.97. The molecular weight excluding hydrogens is 171 g/mol. The highest BCUT2D eigenvalue weighted by molar-refractivity contribution is 6.29. The van der Waals surface area contributed by atoms with E-state index in [1.165, 1.54) is 0 Å². The summed E-state index contributed by atoms with van der Waals surface area (Å²) in [6.07, 6.45) is 0. The van der Waals surface area contributed by atoms with Crippen LogP contribution in [0.15, 0.2) is 0 Å². The molecule has 0 aromatic rings. The zero-order chi connectivity index (χ0) is 7.72. The molecule has 0 aromatic carbocycles. The molecule has 2 nitrogen and oxygen atoms in total. The van der Waals surface area contributed by atoms with Crippen molar-refractivity contribution < 1.29 is 0 Å². The summed E-state index contributed by atoms with van der Waals surface area (Å²) in [5.74, 6) is 0. The minimum atomic E-state index is -0.0402. The van der Waals surface area contributed by atoms with Gasteiger partial charge in [0.25, 0.3) is 0 Å². The van der Waals surface area contributed by atoms with Crippen molar-refractivity contribution in [3.8, 4) is 0 Å². The number of likely N-dealkylation sites (N-methyl/N-ethyl adjacent to an activating group) is 2. The van der Waals surface area contributed by atoms with Crippen LogP contribution in [-0.4, -0.2) is 41.1 Å². The fourth-order valence-electron chi connectivity index (χ4n) is 1.10. The van der Waals surface area contributed by atoms with Gasteiger partial charge in [0, 0.05) is 0 Å². The van der Waals surface area contributed by atoms with Crippen LogP contribution in [-0.2, 0) is 0 Å². The van der Waals surface area contributed by atoms with Crippen LogP contribution < -0.4 is 0 Å². The average molecular weight is 183 g/mol. The van der Waals surface area contributed by atoms with Gasteiger partial charge in [0.2, 0.25) is 0 Å². The van der Waals surface area contributed by atoms with Crippen molar-refractivity contribution in [1.82, 2.24) is 9.80 Å². The standard InChI is InChI=1S/C6H12Cl2N2/c1-3-10-4-9(2)5(7)6(10)8/h5-6H,3-4H2,1-2H3. The predicted octanol–water partition coefficient (Wildman–Crippen LogP) is 1.34. The molecule has 2 unspecified atom stereocenters. The number of nitrogens with zero attached hydrogens (tertiary/aromatic N) is 2. The van der Waals surface area contributed by atoms with E-state index in [4.69, 9.17) is 23.2 Å². The van der Waals surface area contributed by atoms with E-state index in [0.29, 0.717) is 0 Å². The number of hydrogen-bond acceptors (Lipinski definition) is 2. The number of halogens is 2. The van der Waals surface area contributed by atoms with Crippen molar-refractivity contribution in [3.63, 3.8) is 0 Å². The second kappa shape index (κ2) is 3.26. The van der Waals surface area contributed by atoms with E-state index in [2.05, 4.69) is 11.8 Å². The lowest BCUT2D eigenvalue weighted by atomic mass is 10.5. The molecule has 1 aliphatic heterocycles. The smallest absolute Gasteiger partial charge is 0.116 e. The van der Waals surface area contributed by atoms with Crippen molar-refractivity contribution in [3.05, 3.63) is 0 Å². The summed E-state index contributed by atoms with van der Waals surface area (Å²) in [6.45, 7) is 3.92. The van der Waals surface area contributed by atoms with Crippen molar-refractivity contribution >= 4 is 23.2 Å². The molecular formula is C6H12Cl2N2. The lowest BCUT2D eigenvalue weighted by Gasteiger charge is -2.15. The summed E-state index contributed by atoms with van der Waals surface area (Å²) in [5, 5.41) is 0. The van der Waals surface area contributed by atoms with Crippen LogP contribution in [0.25, 0.3) is 0 Å². The van der Waals surface area contributed by atoms with Crippen LogP contribution in [0.4, 0.5) is 0 Å². The molecule has 0 radical (unpaired) electrons. The van der Waals surface area contributed by atoms with Gasteiger partial charge in [-0.2, -0.15) is 0 Å². The molecule has 60 valence electrons. The third-order valence-electron chi connectivity index (χ3n) is 1.81. The molecule has 2 atom stereocenters. The summed E-state index contributed by atoms with van der Waals surface area (Å²) in [6, 6.07) is 0. The Morgan fingerprint density at radius 2 is 2.00 bits per heavy atom. The zero-order valence-corrected chi connectivity index (χ0v) is 7.73. The third kappa shape index (κ3) is 1.40. The summed E-state index contributed by atoms with van der Waals surface area (Å²) >= 11 is 11.9. The minimum Gasteiger partial charge on any atom is -0.275 e. The van der Waals surface area contributed by atoms with Gasteiger partial charge in [-0.05, 0) is 13.6 Å². The lowest BCUT2D eigenvalue weighted by Crippen LogP contribution is -2.27. The van der Waals surface area contributed by atoms with E-state index in [1.807, 2.05) is 11.9 Å². The molecule has 0 spiro atoms. The van der Waals surface area contributed by atoms with E-state index in [-0.39, 0.29) is 11.0 Å². The van der Waals surface area contributed by atoms with Crippen LogP contribution in [0.3, 0.4) is 0 Å². The van der Waals surface area contributed by atoms with Gasteiger partial charge in [0.05, 0.1) is 6.67 Å². The quantitative estimate of drug-likeness (QED) is 0.447. The molecule has 1 fully saturated rings. The van der Waals surface area contributed by atoms with Crippen molar-refractivity contribution in [2.75, 3.05) is 20.3 Å². The van der Waals surface area contributed by atoms with Gasteiger partial charge in [0.15, 0.2) is 0 Å². The lowest BCUT2D eigenvalue weighted by molar-refractivity contribution is 0.274. The van der Waals surface area contributed by atoms with E-state index in [0.717, 1.165) is 13.2 Å². The normalized spacial score (nSPS) is 37.2. The number of rotatable bonds is 1. The maximum Gasteiger partial charge on any atom is 0.116 e. The molecule has 10 heavy (non-hydrogen) atoms. The average Bonchev–Trinajstić information content (AvgIpc) is 2.17. The fraction of sp³-hybridized carbons (Fsp3) is 1.00. The van der Waals surface area contributed by atoms with Gasteiger partial charge in [-0.3, -0.25) is 9.80 Å². The molecule has 0 bridgehead atoms. The highest BCUT2D eigenvalue weighted by Gasteiger charge is 2.33. The molecule has 0 aliphatic carbocycles. The first-order valence-corrected chi connectivity index (χ1v) is 4.26. The summed E-state index contributed by atoms with van der Waals surface area (Å²) in [4.78, 5) is 4.15. The topological polar surface area (TPSA) is 6.48 Å². The maximum atomic E-state index is 5.98. The van der Waals surface area contributed by atoms with Gasteiger partial charge in [0.1, 0.15) is 11.0 Å². The second-order valence-corrected chi connectivity index (χ2v) is 3.44. The van der Waals surface area contributed by atoms with Gasteiger partial charge in [-0.15, -0.1) is 23.2 Å². The van der Waals surface area contributed by atoms with Crippen LogP contribution in [0.5, 0.6) is 0 Å². The fourth-order valence-corrected chi connectivity index (χ4v) is 1.71. The molecule has 1 aliphatic rings. The van der Waals surface area contributed by atoms with Crippen LogP contribution >= 0.6 is 23.2 Å². The maximum absolute atomic E-state index is 5.98. The van der Waals surface area contributed by atoms with Crippen molar-refractivity contribution in [1.29, 1.82) is 0 Å². The molecule has 1 saturated heterocycles.